The van der Waals surface area contributed by atoms with Crippen molar-refractivity contribution in [3.63, 3.8) is 0 Å². The van der Waals surface area contributed by atoms with Crippen LogP contribution in [0.2, 0.25) is 0 Å². The monoisotopic (exact) mass is 369 g/mol. The minimum atomic E-state index is -0.669. The summed E-state index contributed by atoms with van der Waals surface area (Å²) in [7, 11) is 0. The number of hydrogen-bond donors (Lipinski definition) is 3. The van der Waals surface area contributed by atoms with Crippen molar-refractivity contribution in [3.8, 4) is 5.75 Å². The molecule has 0 bridgehead atoms. The van der Waals surface area contributed by atoms with Crippen LogP contribution in [0.25, 0.3) is 0 Å². The number of nitrogens with zero attached hydrogens (tertiary/aromatic N) is 1. The molecule has 2 aromatic rings. The fraction of sp³-hybridized carbons (Fsp3) is 0.478. The first-order valence-electron chi connectivity index (χ1n) is 9.98. The van der Waals surface area contributed by atoms with Crippen LogP contribution in [-0.2, 0) is 6.42 Å². The van der Waals surface area contributed by atoms with E-state index in [2.05, 4.69) is 24.0 Å². The molecule has 0 aliphatic carbocycles. The summed E-state index contributed by atoms with van der Waals surface area (Å²) in [6.07, 6.45) is 3.41. The molecular formula is C23H31NO3. The van der Waals surface area contributed by atoms with Gasteiger partial charge in [0.1, 0.15) is 5.75 Å². The van der Waals surface area contributed by atoms with Crippen LogP contribution >= 0.6 is 0 Å². The molecule has 4 heteroatoms. The maximum atomic E-state index is 11.0. The molecule has 2 atom stereocenters. The second kappa shape index (κ2) is 8.87. The second-order valence-electron chi connectivity index (χ2n) is 7.82. The van der Waals surface area contributed by atoms with Crippen molar-refractivity contribution < 1.29 is 15.3 Å². The Balaban J connectivity index is 1.65. The lowest BCUT2D eigenvalue weighted by atomic mass is 9.84. The van der Waals surface area contributed by atoms with Crippen molar-refractivity contribution in [1.29, 1.82) is 0 Å². The first-order valence-corrected chi connectivity index (χ1v) is 9.98. The number of phenolic OH excluding ortho intramolecular Hbond substituents is 1. The van der Waals surface area contributed by atoms with E-state index in [0.717, 1.165) is 31.5 Å². The van der Waals surface area contributed by atoms with Gasteiger partial charge in [0.25, 0.3) is 0 Å². The second-order valence-corrected chi connectivity index (χ2v) is 7.82. The number of aromatic hydroxyl groups is 1. The molecule has 4 nitrogen and oxygen atoms in total. The van der Waals surface area contributed by atoms with Crippen molar-refractivity contribution in [3.05, 3.63) is 65.7 Å². The molecule has 1 aliphatic rings. The van der Waals surface area contributed by atoms with Crippen molar-refractivity contribution in [2.75, 3.05) is 13.1 Å². The Morgan fingerprint density at radius 1 is 1.00 bits per heavy atom. The van der Waals surface area contributed by atoms with Crippen molar-refractivity contribution >= 4 is 0 Å². The number of benzene rings is 2. The van der Waals surface area contributed by atoms with Gasteiger partial charge >= 0.3 is 0 Å². The predicted molar refractivity (Wildman–Crippen MR) is 108 cm³/mol. The van der Waals surface area contributed by atoms with Crippen LogP contribution in [0.3, 0.4) is 0 Å². The number of phenols is 1. The van der Waals surface area contributed by atoms with Crippen molar-refractivity contribution in [2.24, 2.45) is 0 Å². The van der Waals surface area contributed by atoms with Gasteiger partial charge in [-0.2, -0.15) is 0 Å². The molecule has 1 aliphatic heterocycles. The Labute approximate surface area is 162 Å². The van der Waals surface area contributed by atoms with E-state index in [1.165, 1.54) is 5.56 Å². The summed E-state index contributed by atoms with van der Waals surface area (Å²) in [6, 6.07) is 17.0. The molecule has 0 spiro atoms. The molecule has 3 N–H and O–H groups in total. The first kappa shape index (κ1) is 19.9. The molecule has 146 valence electrons. The van der Waals surface area contributed by atoms with Gasteiger partial charge < -0.3 is 15.3 Å². The lowest BCUT2D eigenvalue weighted by Gasteiger charge is -2.43. The van der Waals surface area contributed by atoms with Gasteiger partial charge in [-0.3, -0.25) is 4.90 Å². The number of rotatable bonds is 7. The lowest BCUT2D eigenvalue weighted by molar-refractivity contribution is -0.0507. The Hall–Kier alpha value is -1.88. The zero-order valence-electron chi connectivity index (χ0n) is 16.1. The number of aliphatic hydroxyl groups excluding tert-OH is 1. The van der Waals surface area contributed by atoms with Crippen molar-refractivity contribution in [1.82, 2.24) is 4.90 Å². The minimum Gasteiger partial charge on any atom is -0.508 e. The molecule has 1 saturated heterocycles. The Morgan fingerprint density at radius 2 is 1.63 bits per heavy atom. The molecule has 0 aromatic heterocycles. The highest BCUT2D eigenvalue weighted by molar-refractivity contribution is 5.28. The van der Waals surface area contributed by atoms with Gasteiger partial charge in [0, 0.05) is 25.6 Å². The van der Waals surface area contributed by atoms with Crippen LogP contribution in [0, 0.1) is 0 Å². The Bertz CT molecular complexity index is 693. The van der Waals surface area contributed by atoms with Crippen LogP contribution < -0.4 is 0 Å². The third kappa shape index (κ3) is 5.10. The smallest absolute Gasteiger partial charge is 0.115 e. The Kier molecular flexibility index (Phi) is 6.53. The fourth-order valence-electron chi connectivity index (χ4n) is 4.15. The van der Waals surface area contributed by atoms with Crippen molar-refractivity contribution in [2.45, 2.75) is 56.8 Å². The van der Waals surface area contributed by atoms with Gasteiger partial charge in [-0.05, 0) is 42.5 Å². The Morgan fingerprint density at radius 3 is 2.22 bits per heavy atom. The maximum absolute atomic E-state index is 11.0. The van der Waals surface area contributed by atoms with E-state index in [1.807, 2.05) is 18.2 Å². The van der Waals surface area contributed by atoms with Gasteiger partial charge in [0.05, 0.1) is 11.7 Å². The van der Waals surface area contributed by atoms with Gasteiger partial charge in [-0.1, -0.05) is 55.8 Å². The zero-order valence-corrected chi connectivity index (χ0v) is 16.1. The first-order chi connectivity index (χ1) is 13.0. The SMILES string of the molecule is CCC[C@@H]([C@@H](O)c1ccc(O)cc1)N1CCC(O)(Cc2ccccc2)CC1. The van der Waals surface area contributed by atoms with E-state index in [4.69, 9.17) is 0 Å². The number of piperidine rings is 1. The van der Waals surface area contributed by atoms with E-state index in [1.54, 1.807) is 24.3 Å². The zero-order chi connectivity index (χ0) is 19.3. The standard InChI is InChI=1S/C23H31NO3/c1-2-6-21(22(26)19-9-11-20(25)12-10-19)24-15-13-23(27,14-16-24)17-18-7-4-3-5-8-18/h3-5,7-12,21-22,25-27H,2,6,13-17H2,1H3/t21-,22-/m0/s1. The van der Waals surface area contributed by atoms with E-state index < -0.39 is 11.7 Å². The highest BCUT2D eigenvalue weighted by Gasteiger charge is 2.36. The third-order valence-corrected chi connectivity index (χ3v) is 5.76. The number of likely N-dealkylation sites (tertiary alicyclic amines) is 1. The quantitative estimate of drug-likeness (QED) is 0.697. The fourth-order valence-corrected chi connectivity index (χ4v) is 4.15. The molecule has 1 fully saturated rings. The van der Waals surface area contributed by atoms with Gasteiger partial charge in [-0.25, -0.2) is 0 Å². The largest absolute Gasteiger partial charge is 0.508 e. The average Bonchev–Trinajstić information content (AvgIpc) is 2.68. The van der Waals surface area contributed by atoms with E-state index in [9.17, 15) is 15.3 Å². The summed E-state index contributed by atoms with van der Waals surface area (Å²) in [5, 5.41) is 31.4. The van der Waals surface area contributed by atoms with Gasteiger partial charge in [-0.15, -0.1) is 0 Å². The molecule has 0 saturated carbocycles. The topological polar surface area (TPSA) is 63.9 Å². The maximum Gasteiger partial charge on any atom is 0.115 e. The van der Waals surface area contributed by atoms with E-state index in [0.29, 0.717) is 19.3 Å². The van der Waals surface area contributed by atoms with E-state index in [-0.39, 0.29) is 11.8 Å². The van der Waals surface area contributed by atoms with Crippen LogP contribution in [0.15, 0.2) is 54.6 Å². The predicted octanol–water partition coefficient (Wildman–Crippen LogP) is 3.66. The summed E-state index contributed by atoms with van der Waals surface area (Å²) in [4.78, 5) is 2.32. The summed E-state index contributed by atoms with van der Waals surface area (Å²) >= 11 is 0. The summed E-state index contributed by atoms with van der Waals surface area (Å²) < 4.78 is 0. The number of aliphatic hydroxyl groups is 2. The molecule has 27 heavy (non-hydrogen) atoms. The van der Waals surface area contributed by atoms with Crippen LogP contribution in [0.1, 0.15) is 49.8 Å². The van der Waals surface area contributed by atoms with Gasteiger partial charge in [0.2, 0.25) is 0 Å². The number of hydrogen-bond acceptors (Lipinski definition) is 4. The molecule has 1 heterocycles. The van der Waals surface area contributed by atoms with Crippen LogP contribution in [0.5, 0.6) is 5.75 Å². The molecule has 0 unspecified atom stereocenters. The molecule has 0 radical (unpaired) electrons. The van der Waals surface area contributed by atoms with Crippen LogP contribution in [-0.4, -0.2) is 45.0 Å². The lowest BCUT2D eigenvalue weighted by Crippen LogP contribution is -2.50. The minimum absolute atomic E-state index is 0.0285. The average molecular weight is 370 g/mol. The molecule has 0 amide bonds. The highest BCUT2D eigenvalue weighted by atomic mass is 16.3. The summed E-state index contributed by atoms with van der Waals surface area (Å²) in [5.41, 5.74) is 1.33. The molecule has 2 aromatic carbocycles. The van der Waals surface area contributed by atoms with Crippen LogP contribution in [0.4, 0.5) is 0 Å². The summed E-state index contributed by atoms with van der Waals surface area (Å²) in [5.74, 6) is 0.210. The van der Waals surface area contributed by atoms with Gasteiger partial charge in [0.15, 0.2) is 0 Å². The van der Waals surface area contributed by atoms with E-state index >= 15 is 0 Å². The highest BCUT2D eigenvalue weighted by Crippen LogP contribution is 2.32. The summed E-state index contributed by atoms with van der Waals surface area (Å²) in [6.45, 7) is 3.69. The molecule has 3 rings (SSSR count). The third-order valence-electron chi connectivity index (χ3n) is 5.76. The normalized spacial score (nSPS) is 19.5. The molecular weight excluding hydrogens is 338 g/mol.